The van der Waals surface area contributed by atoms with Gasteiger partial charge in [-0.2, -0.15) is 0 Å². The molecular formula is C14H13NO2. The van der Waals surface area contributed by atoms with Crippen LogP contribution in [0.15, 0.2) is 41.6 Å². The van der Waals surface area contributed by atoms with Gasteiger partial charge in [0.25, 0.3) is 0 Å². The molecular weight excluding hydrogens is 214 g/mol. The van der Waals surface area contributed by atoms with Gasteiger partial charge in [-0.05, 0) is 41.5 Å². The highest BCUT2D eigenvalue weighted by molar-refractivity contribution is 5.76. The Labute approximate surface area is 99.6 Å². The molecule has 2 aliphatic rings. The zero-order chi connectivity index (χ0) is 11.8. The summed E-state index contributed by atoms with van der Waals surface area (Å²) in [5.74, 6) is 0. The van der Waals surface area contributed by atoms with Crippen molar-refractivity contribution in [3.8, 4) is 0 Å². The summed E-state index contributed by atoms with van der Waals surface area (Å²) < 4.78 is 0. The molecule has 0 aromatic heterocycles. The van der Waals surface area contributed by atoms with E-state index in [0.29, 0.717) is 12.1 Å². The number of benzene rings is 1. The molecule has 3 rings (SSSR count). The van der Waals surface area contributed by atoms with Crippen molar-refractivity contribution in [1.82, 2.24) is 0 Å². The summed E-state index contributed by atoms with van der Waals surface area (Å²) in [7, 11) is 0. The SMILES string of the molecule is O=[N+]([O-])C1=CC2=C(CC1)c1ccccc1CC2. The normalized spacial score (nSPS) is 18.2. The number of nitro groups is 1. The molecule has 0 spiro atoms. The summed E-state index contributed by atoms with van der Waals surface area (Å²) in [5.41, 5.74) is 5.53. The van der Waals surface area contributed by atoms with E-state index >= 15 is 0 Å². The number of allylic oxidation sites excluding steroid dienone is 4. The molecule has 0 bridgehead atoms. The third-order valence-electron chi connectivity index (χ3n) is 3.60. The highest BCUT2D eigenvalue weighted by Crippen LogP contribution is 2.38. The first-order valence-electron chi connectivity index (χ1n) is 5.91. The molecule has 0 amide bonds. The Bertz CT molecular complexity index is 555. The Hall–Kier alpha value is -1.90. The second kappa shape index (κ2) is 3.84. The second-order valence-electron chi connectivity index (χ2n) is 4.55. The van der Waals surface area contributed by atoms with Crippen LogP contribution in [0.25, 0.3) is 5.57 Å². The summed E-state index contributed by atoms with van der Waals surface area (Å²) in [6.45, 7) is 0. The maximum absolute atomic E-state index is 10.8. The van der Waals surface area contributed by atoms with Crippen LogP contribution in [0.1, 0.15) is 30.4 Å². The molecule has 1 aromatic carbocycles. The molecule has 17 heavy (non-hydrogen) atoms. The lowest BCUT2D eigenvalue weighted by Gasteiger charge is -2.24. The lowest BCUT2D eigenvalue weighted by Crippen LogP contribution is -2.11. The molecule has 86 valence electrons. The molecule has 3 nitrogen and oxygen atoms in total. The van der Waals surface area contributed by atoms with Crippen molar-refractivity contribution in [2.75, 3.05) is 0 Å². The fourth-order valence-corrected chi connectivity index (χ4v) is 2.75. The van der Waals surface area contributed by atoms with Crippen molar-refractivity contribution in [2.24, 2.45) is 0 Å². The van der Waals surface area contributed by atoms with Gasteiger partial charge in [0.05, 0.1) is 4.92 Å². The predicted molar refractivity (Wildman–Crippen MR) is 66.0 cm³/mol. The van der Waals surface area contributed by atoms with Gasteiger partial charge in [0.2, 0.25) is 5.70 Å². The zero-order valence-corrected chi connectivity index (χ0v) is 9.48. The van der Waals surface area contributed by atoms with Gasteiger partial charge in [-0.25, -0.2) is 0 Å². The Morgan fingerprint density at radius 1 is 1.06 bits per heavy atom. The fourth-order valence-electron chi connectivity index (χ4n) is 2.75. The van der Waals surface area contributed by atoms with E-state index in [1.54, 1.807) is 6.08 Å². The third kappa shape index (κ3) is 1.68. The van der Waals surface area contributed by atoms with Crippen LogP contribution in [0.3, 0.4) is 0 Å². The molecule has 0 fully saturated rings. The molecule has 0 saturated carbocycles. The molecule has 0 heterocycles. The molecule has 1 aromatic rings. The maximum atomic E-state index is 10.8. The Morgan fingerprint density at radius 3 is 2.71 bits per heavy atom. The van der Waals surface area contributed by atoms with E-state index in [4.69, 9.17) is 0 Å². The predicted octanol–water partition coefficient (Wildman–Crippen LogP) is 3.34. The molecule has 0 radical (unpaired) electrons. The zero-order valence-electron chi connectivity index (χ0n) is 9.48. The van der Waals surface area contributed by atoms with E-state index < -0.39 is 0 Å². The van der Waals surface area contributed by atoms with Crippen molar-refractivity contribution in [3.05, 3.63) is 62.9 Å². The molecule has 0 N–H and O–H groups in total. The topological polar surface area (TPSA) is 43.1 Å². The van der Waals surface area contributed by atoms with Crippen LogP contribution in [0.4, 0.5) is 0 Å². The average molecular weight is 227 g/mol. The summed E-state index contributed by atoms with van der Waals surface area (Å²) in [4.78, 5) is 10.5. The Kier molecular flexibility index (Phi) is 2.32. The lowest BCUT2D eigenvalue weighted by molar-refractivity contribution is -0.428. The van der Waals surface area contributed by atoms with Crippen LogP contribution in [0.5, 0.6) is 0 Å². The van der Waals surface area contributed by atoms with Gasteiger partial charge in [0.1, 0.15) is 0 Å². The lowest BCUT2D eigenvalue weighted by atomic mass is 9.80. The quantitative estimate of drug-likeness (QED) is 0.545. The standard InChI is InChI=1S/C14H13NO2/c16-15(17)12-7-8-14-11(9-12)6-5-10-3-1-2-4-13(10)14/h1-4,9H,5-8H2. The van der Waals surface area contributed by atoms with E-state index in [-0.39, 0.29) is 4.92 Å². The van der Waals surface area contributed by atoms with Gasteiger partial charge in [0, 0.05) is 12.5 Å². The van der Waals surface area contributed by atoms with Gasteiger partial charge < -0.3 is 0 Å². The monoisotopic (exact) mass is 227 g/mol. The second-order valence-corrected chi connectivity index (χ2v) is 4.55. The first kappa shape index (κ1) is 10.3. The minimum Gasteiger partial charge on any atom is -0.259 e. The van der Waals surface area contributed by atoms with Crippen molar-refractivity contribution >= 4 is 5.57 Å². The van der Waals surface area contributed by atoms with Crippen LogP contribution in [-0.4, -0.2) is 4.92 Å². The van der Waals surface area contributed by atoms with Crippen molar-refractivity contribution in [1.29, 1.82) is 0 Å². The number of nitrogens with zero attached hydrogens (tertiary/aromatic N) is 1. The first-order chi connectivity index (χ1) is 8.25. The molecule has 3 heteroatoms. The molecule has 0 atom stereocenters. The van der Waals surface area contributed by atoms with E-state index in [1.165, 1.54) is 22.3 Å². The van der Waals surface area contributed by atoms with Gasteiger partial charge in [-0.3, -0.25) is 10.1 Å². The van der Waals surface area contributed by atoms with Gasteiger partial charge >= 0.3 is 0 Å². The van der Waals surface area contributed by atoms with Gasteiger partial charge in [-0.15, -0.1) is 0 Å². The van der Waals surface area contributed by atoms with E-state index in [9.17, 15) is 10.1 Å². The van der Waals surface area contributed by atoms with E-state index in [0.717, 1.165) is 19.3 Å². The Balaban J connectivity index is 2.09. The molecule has 0 saturated heterocycles. The van der Waals surface area contributed by atoms with Gasteiger partial charge in [0.15, 0.2) is 0 Å². The van der Waals surface area contributed by atoms with Crippen LogP contribution < -0.4 is 0 Å². The fraction of sp³-hybridized carbons (Fsp3) is 0.286. The maximum Gasteiger partial charge on any atom is 0.246 e. The highest BCUT2D eigenvalue weighted by atomic mass is 16.6. The summed E-state index contributed by atoms with van der Waals surface area (Å²) in [6.07, 6.45) is 5.08. The van der Waals surface area contributed by atoms with E-state index in [1.807, 2.05) is 6.07 Å². The largest absolute Gasteiger partial charge is 0.259 e. The van der Waals surface area contributed by atoms with Crippen molar-refractivity contribution in [3.63, 3.8) is 0 Å². The Morgan fingerprint density at radius 2 is 1.88 bits per heavy atom. The smallest absolute Gasteiger partial charge is 0.246 e. The van der Waals surface area contributed by atoms with Crippen molar-refractivity contribution in [2.45, 2.75) is 25.7 Å². The number of hydrogen-bond acceptors (Lipinski definition) is 2. The van der Waals surface area contributed by atoms with Crippen LogP contribution in [-0.2, 0) is 6.42 Å². The summed E-state index contributed by atoms with van der Waals surface area (Å²) in [5, 5.41) is 10.8. The number of rotatable bonds is 1. The van der Waals surface area contributed by atoms with Gasteiger partial charge in [-0.1, -0.05) is 24.3 Å². The summed E-state index contributed by atoms with van der Waals surface area (Å²) >= 11 is 0. The molecule has 0 unspecified atom stereocenters. The van der Waals surface area contributed by atoms with Crippen molar-refractivity contribution < 1.29 is 4.92 Å². The number of hydrogen-bond donors (Lipinski definition) is 0. The third-order valence-corrected chi connectivity index (χ3v) is 3.60. The molecule has 0 aliphatic heterocycles. The van der Waals surface area contributed by atoms with Crippen LogP contribution in [0.2, 0.25) is 0 Å². The number of fused-ring (bicyclic) bond motifs is 2. The van der Waals surface area contributed by atoms with E-state index in [2.05, 4.69) is 18.2 Å². The minimum atomic E-state index is -0.246. The van der Waals surface area contributed by atoms with Crippen LogP contribution in [0, 0.1) is 10.1 Å². The minimum absolute atomic E-state index is 0.246. The number of aryl methyl sites for hydroxylation is 1. The summed E-state index contributed by atoms with van der Waals surface area (Å²) in [6, 6.07) is 8.40. The average Bonchev–Trinajstić information content (AvgIpc) is 2.38. The highest BCUT2D eigenvalue weighted by Gasteiger charge is 2.25. The van der Waals surface area contributed by atoms with Crippen LogP contribution >= 0.6 is 0 Å². The molecule has 2 aliphatic carbocycles. The first-order valence-corrected chi connectivity index (χ1v) is 5.91.